The van der Waals surface area contributed by atoms with Crippen molar-refractivity contribution in [2.75, 3.05) is 6.61 Å². The van der Waals surface area contributed by atoms with Crippen molar-refractivity contribution in [3.8, 4) is 11.3 Å². The minimum absolute atomic E-state index is 0.0855. The van der Waals surface area contributed by atoms with Crippen molar-refractivity contribution in [3.63, 3.8) is 0 Å². The number of aliphatic hydroxyl groups excluding tert-OH is 3. The van der Waals surface area contributed by atoms with Gasteiger partial charge in [0.2, 0.25) is 0 Å². The molecule has 32 heavy (non-hydrogen) atoms. The van der Waals surface area contributed by atoms with Gasteiger partial charge in [-0.15, -0.1) is 11.8 Å². The van der Waals surface area contributed by atoms with Gasteiger partial charge < -0.3 is 29.8 Å². The van der Waals surface area contributed by atoms with E-state index in [1.165, 1.54) is 6.42 Å². The lowest BCUT2D eigenvalue weighted by Gasteiger charge is -2.43. The van der Waals surface area contributed by atoms with Crippen molar-refractivity contribution in [2.45, 2.75) is 67.1 Å². The van der Waals surface area contributed by atoms with Crippen molar-refractivity contribution in [1.82, 2.24) is 5.32 Å². The molecule has 2 heterocycles. The summed E-state index contributed by atoms with van der Waals surface area (Å²) in [6, 6.07) is 9.47. The highest BCUT2D eigenvalue weighted by atomic mass is 35.5. The second-order valence-corrected chi connectivity index (χ2v) is 10.1. The number of carbonyl (C=O) groups excluding carboxylic acids is 1. The van der Waals surface area contributed by atoms with Crippen LogP contribution in [0, 0.1) is 0 Å². The zero-order chi connectivity index (χ0) is 22.7. The molecule has 0 bridgehead atoms. The van der Waals surface area contributed by atoms with E-state index in [2.05, 4.69) is 5.32 Å². The molecule has 1 aromatic heterocycles. The number of hydrogen-bond acceptors (Lipinski definition) is 7. The van der Waals surface area contributed by atoms with Gasteiger partial charge in [-0.2, -0.15) is 0 Å². The molecule has 4 N–H and O–H groups in total. The maximum atomic E-state index is 12.9. The van der Waals surface area contributed by atoms with Crippen LogP contribution >= 0.6 is 23.4 Å². The molecule has 1 aliphatic heterocycles. The van der Waals surface area contributed by atoms with Crippen molar-refractivity contribution >= 4 is 29.3 Å². The number of thioether (sulfide) groups is 1. The number of hydrogen-bond donors (Lipinski definition) is 4. The Morgan fingerprint density at radius 1 is 1.06 bits per heavy atom. The molecule has 1 saturated carbocycles. The summed E-state index contributed by atoms with van der Waals surface area (Å²) < 4.78 is 11.6. The lowest BCUT2D eigenvalue weighted by atomic mass is 9.98. The van der Waals surface area contributed by atoms with Crippen LogP contribution in [0.2, 0.25) is 5.02 Å². The normalized spacial score (nSPS) is 29.1. The molecular formula is C23H28ClNO6S. The quantitative estimate of drug-likeness (QED) is 0.501. The fraction of sp³-hybridized carbons (Fsp3) is 0.522. The Morgan fingerprint density at radius 3 is 2.47 bits per heavy atom. The van der Waals surface area contributed by atoms with Crippen LogP contribution in [0.4, 0.5) is 0 Å². The van der Waals surface area contributed by atoms with E-state index in [9.17, 15) is 20.1 Å². The topological polar surface area (TPSA) is 112 Å². The first-order chi connectivity index (χ1) is 15.5. The minimum Gasteiger partial charge on any atom is -0.451 e. The second-order valence-electron chi connectivity index (χ2n) is 8.27. The molecule has 0 spiro atoms. The molecule has 1 saturated heterocycles. The van der Waals surface area contributed by atoms with Gasteiger partial charge in [0.05, 0.1) is 12.6 Å². The minimum atomic E-state index is -1.31. The Hall–Kier alpha value is -1.55. The molecule has 0 unspecified atom stereocenters. The molecule has 1 aliphatic carbocycles. The summed E-state index contributed by atoms with van der Waals surface area (Å²) in [5.41, 5.74) is 0.185. The van der Waals surface area contributed by atoms with Gasteiger partial charge in [0.15, 0.2) is 5.76 Å². The van der Waals surface area contributed by atoms with Crippen LogP contribution in [0.25, 0.3) is 11.3 Å². The fourth-order valence-corrected chi connectivity index (χ4v) is 5.91. The largest absolute Gasteiger partial charge is 0.451 e. The Balaban J connectivity index is 1.49. The third-order valence-corrected chi connectivity index (χ3v) is 7.80. The predicted octanol–water partition coefficient (Wildman–Crippen LogP) is 3.20. The number of benzene rings is 1. The van der Waals surface area contributed by atoms with E-state index in [1.54, 1.807) is 48.2 Å². The van der Waals surface area contributed by atoms with E-state index in [4.69, 9.17) is 20.8 Å². The predicted molar refractivity (Wildman–Crippen MR) is 123 cm³/mol. The summed E-state index contributed by atoms with van der Waals surface area (Å²) in [5.74, 6) is 0.0878. The van der Waals surface area contributed by atoms with Crippen molar-refractivity contribution in [2.24, 2.45) is 0 Å². The number of amides is 1. The van der Waals surface area contributed by atoms with Crippen LogP contribution < -0.4 is 5.32 Å². The molecule has 1 aromatic carbocycles. The highest BCUT2D eigenvalue weighted by Crippen LogP contribution is 2.37. The number of aliphatic hydroxyl groups is 3. The Kier molecular flexibility index (Phi) is 7.81. The Morgan fingerprint density at radius 2 is 1.78 bits per heavy atom. The van der Waals surface area contributed by atoms with Crippen LogP contribution in [-0.2, 0) is 4.74 Å². The molecule has 0 radical (unpaired) electrons. The van der Waals surface area contributed by atoms with Crippen LogP contribution in [0.5, 0.6) is 0 Å². The van der Waals surface area contributed by atoms with Crippen LogP contribution in [0.1, 0.15) is 42.7 Å². The molecule has 9 heteroatoms. The van der Waals surface area contributed by atoms with E-state index in [0.29, 0.717) is 16.0 Å². The number of halogens is 1. The maximum Gasteiger partial charge on any atom is 0.287 e. The number of ether oxygens (including phenoxy) is 1. The number of furan rings is 1. The molecule has 2 aliphatic rings. The third-order valence-electron chi connectivity index (χ3n) is 6.02. The lowest BCUT2D eigenvalue weighted by molar-refractivity contribution is -0.170. The van der Waals surface area contributed by atoms with Gasteiger partial charge in [-0.1, -0.05) is 30.9 Å². The zero-order valence-electron chi connectivity index (χ0n) is 17.5. The molecule has 7 nitrogen and oxygen atoms in total. The first-order valence-electron chi connectivity index (χ1n) is 10.9. The van der Waals surface area contributed by atoms with Crippen LogP contribution in [0.15, 0.2) is 40.8 Å². The number of rotatable bonds is 6. The van der Waals surface area contributed by atoms with Gasteiger partial charge in [-0.05, 0) is 49.2 Å². The summed E-state index contributed by atoms with van der Waals surface area (Å²) in [5, 5.41) is 34.4. The van der Waals surface area contributed by atoms with Gasteiger partial charge in [-0.3, -0.25) is 4.79 Å². The van der Waals surface area contributed by atoms with E-state index < -0.39 is 42.3 Å². The van der Waals surface area contributed by atoms with Gasteiger partial charge in [0, 0.05) is 15.8 Å². The fourth-order valence-electron chi connectivity index (χ4n) is 4.19. The molecule has 4 rings (SSSR count). The molecule has 2 fully saturated rings. The molecule has 174 valence electrons. The Bertz CT molecular complexity index is 900. The highest BCUT2D eigenvalue weighted by Gasteiger charge is 2.46. The average molecular weight is 482 g/mol. The molecule has 5 atom stereocenters. The van der Waals surface area contributed by atoms with E-state index in [-0.39, 0.29) is 5.76 Å². The van der Waals surface area contributed by atoms with Gasteiger partial charge >= 0.3 is 0 Å². The van der Waals surface area contributed by atoms with E-state index >= 15 is 0 Å². The molecule has 1 amide bonds. The SMILES string of the molecule is O=C(N[C@@H]1[C@@H](O)[C@H](O)[C@@H](CO)O[C@@H]1SC1CCCCC1)c1ccc(-c2ccc(Cl)cc2)o1. The Labute approximate surface area is 196 Å². The molecule has 2 aromatic rings. The van der Waals surface area contributed by atoms with Crippen molar-refractivity contribution < 1.29 is 29.3 Å². The average Bonchev–Trinajstić information content (AvgIpc) is 3.30. The smallest absolute Gasteiger partial charge is 0.287 e. The van der Waals surface area contributed by atoms with Gasteiger partial charge in [0.1, 0.15) is 29.5 Å². The summed E-state index contributed by atoms with van der Waals surface area (Å²) in [7, 11) is 0. The summed E-state index contributed by atoms with van der Waals surface area (Å²) in [6.07, 6.45) is 2.06. The first kappa shape index (κ1) is 23.6. The maximum absolute atomic E-state index is 12.9. The van der Waals surface area contributed by atoms with Gasteiger partial charge in [-0.25, -0.2) is 0 Å². The molecular weight excluding hydrogens is 454 g/mol. The summed E-state index contributed by atoms with van der Waals surface area (Å²) >= 11 is 7.48. The third kappa shape index (κ3) is 5.32. The van der Waals surface area contributed by atoms with Crippen LogP contribution in [-0.4, -0.2) is 62.9 Å². The van der Waals surface area contributed by atoms with Crippen molar-refractivity contribution in [1.29, 1.82) is 0 Å². The summed E-state index contributed by atoms with van der Waals surface area (Å²) in [4.78, 5) is 12.9. The highest BCUT2D eigenvalue weighted by molar-refractivity contribution is 8.00. The van der Waals surface area contributed by atoms with E-state index in [0.717, 1.165) is 31.2 Å². The monoisotopic (exact) mass is 481 g/mol. The number of nitrogens with one attached hydrogen (secondary N) is 1. The standard InChI is InChI=1S/C23H28ClNO6S/c24-14-8-6-13(7-9-14)16-10-11-17(30-16)22(29)25-19-21(28)20(27)18(12-26)31-23(19)32-15-4-2-1-3-5-15/h6-11,15,18-21,23,26-28H,1-5,12H2,(H,25,29)/t18-,19-,20-,21-,23-/m1/s1. The second kappa shape index (κ2) is 10.6. The lowest BCUT2D eigenvalue weighted by Crippen LogP contribution is -2.63. The number of carbonyl (C=O) groups is 1. The van der Waals surface area contributed by atoms with Crippen molar-refractivity contribution in [3.05, 3.63) is 47.2 Å². The summed E-state index contributed by atoms with van der Waals surface area (Å²) in [6.45, 7) is -0.413. The van der Waals surface area contributed by atoms with Crippen LogP contribution in [0.3, 0.4) is 0 Å². The van der Waals surface area contributed by atoms with E-state index in [1.807, 2.05) is 0 Å². The first-order valence-corrected chi connectivity index (χ1v) is 12.2. The zero-order valence-corrected chi connectivity index (χ0v) is 19.1. The van der Waals surface area contributed by atoms with Gasteiger partial charge in [0.25, 0.3) is 5.91 Å².